The summed E-state index contributed by atoms with van der Waals surface area (Å²) < 4.78 is 29.2. The molecule has 4 aromatic rings. The lowest BCUT2D eigenvalue weighted by atomic mass is 10.1. The molecule has 34 heavy (non-hydrogen) atoms. The predicted molar refractivity (Wildman–Crippen MR) is 138 cm³/mol. The van der Waals surface area contributed by atoms with Crippen LogP contribution < -0.4 is 4.74 Å². The molecule has 1 heterocycles. The van der Waals surface area contributed by atoms with E-state index in [9.17, 15) is 9.18 Å². The summed E-state index contributed by atoms with van der Waals surface area (Å²) in [5.41, 5.74) is 4.47. The first-order valence-corrected chi connectivity index (χ1v) is 12.3. The number of hydrogen-bond acceptors (Lipinski definition) is 3. The second-order valence-corrected chi connectivity index (χ2v) is 9.46. The minimum Gasteiger partial charge on any atom is -0.488 e. The highest BCUT2D eigenvalue weighted by Gasteiger charge is 2.17. The Balaban J connectivity index is 1.73. The average Bonchev–Trinajstić information content (AvgIpc) is 3.20. The Morgan fingerprint density at radius 3 is 2.50 bits per heavy atom. The van der Waals surface area contributed by atoms with Crippen molar-refractivity contribution in [3.63, 3.8) is 0 Å². The van der Waals surface area contributed by atoms with E-state index >= 15 is 0 Å². The summed E-state index contributed by atoms with van der Waals surface area (Å²) in [6, 6.07) is 21.9. The Bertz CT molecular complexity index is 1350. The van der Waals surface area contributed by atoms with E-state index in [0.717, 1.165) is 27.1 Å². The van der Waals surface area contributed by atoms with Crippen LogP contribution in [0.4, 0.5) is 4.39 Å². The number of esters is 1. The summed E-state index contributed by atoms with van der Waals surface area (Å²) >= 11 is 6.83. The number of ether oxygens (including phenoxy) is 2. The van der Waals surface area contributed by atoms with Crippen LogP contribution in [0.2, 0.25) is 0 Å². The van der Waals surface area contributed by atoms with Crippen molar-refractivity contribution in [2.45, 2.75) is 20.5 Å². The Morgan fingerprint density at radius 2 is 1.74 bits per heavy atom. The van der Waals surface area contributed by atoms with Gasteiger partial charge in [-0.25, -0.2) is 9.18 Å². The number of benzene rings is 3. The van der Waals surface area contributed by atoms with Crippen LogP contribution >= 0.6 is 31.9 Å². The Morgan fingerprint density at radius 1 is 0.971 bits per heavy atom. The molecule has 0 spiro atoms. The van der Waals surface area contributed by atoms with E-state index in [1.807, 2.05) is 55.5 Å². The third-order valence-corrected chi connectivity index (χ3v) is 6.29. The zero-order valence-corrected chi connectivity index (χ0v) is 21.8. The number of halogens is 3. The first kappa shape index (κ1) is 24.2. The summed E-state index contributed by atoms with van der Waals surface area (Å²) in [5.74, 6) is -0.0758. The van der Waals surface area contributed by atoms with Crippen molar-refractivity contribution in [2.24, 2.45) is 0 Å². The van der Waals surface area contributed by atoms with Gasteiger partial charge in [0.1, 0.15) is 18.2 Å². The fourth-order valence-corrected chi connectivity index (χ4v) is 4.39. The number of nitrogens with zero attached hydrogens (tertiary/aromatic N) is 1. The maximum atomic E-state index is 14.3. The van der Waals surface area contributed by atoms with Gasteiger partial charge in [-0.3, -0.25) is 0 Å². The molecule has 3 aromatic carbocycles. The van der Waals surface area contributed by atoms with Crippen LogP contribution in [0.15, 0.2) is 81.7 Å². The second kappa shape index (κ2) is 10.6. The van der Waals surface area contributed by atoms with E-state index in [4.69, 9.17) is 9.47 Å². The third kappa shape index (κ3) is 5.26. The monoisotopic (exact) mass is 585 g/mol. The molecule has 0 saturated carbocycles. The van der Waals surface area contributed by atoms with Crippen molar-refractivity contribution in [1.82, 2.24) is 4.57 Å². The minimum absolute atomic E-state index is 0.0891. The first-order chi connectivity index (χ1) is 16.4. The predicted octanol–water partition coefficient (Wildman–Crippen LogP) is 7.87. The highest BCUT2D eigenvalue weighted by atomic mass is 79.9. The molecule has 0 amide bonds. The summed E-state index contributed by atoms with van der Waals surface area (Å²) in [6.07, 6.45) is 0. The molecule has 0 bridgehead atoms. The smallest absolute Gasteiger partial charge is 0.338 e. The maximum Gasteiger partial charge on any atom is 0.338 e. The second-order valence-electron chi connectivity index (χ2n) is 7.63. The molecule has 4 rings (SSSR count). The van der Waals surface area contributed by atoms with Gasteiger partial charge < -0.3 is 14.0 Å². The number of hydrogen-bond donors (Lipinski definition) is 0. The van der Waals surface area contributed by atoms with Crippen LogP contribution in [0.1, 0.15) is 28.5 Å². The molecule has 0 aliphatic rings. The van der Waals surface area contributed by atoms with Crippen LogP contribution in [0.3, 0.4) is 0 Å². The third-order valence-electron chi connectivity index (χ3n) is 5.31. The summed E-state index contributed by atoms with van der Waals surface area (Å²) in [5, 5.41) is 0. The van der Waals surface area contributed by atoms with Crippen LogP contribution in [0.25, 0.3) is 16.9 Å². The standard InChI is InChI=1S/C27H22Br2FNO3/c1-3-33-27(32)18-5-4-6-22(13-18)31-17(2)7-11-25(31)23-14-20(28)10-12-26(23)34-16-19-8-9-21(29)15-24(19)30/h4-15H,3,16H2,1-2H3. The van der Waals surface area contributed by atoms with E-state index in [0.29, 0.717) is 28.0 Å². The fourth-order valence-electron chi connectivity index (χ4n) is 3.70. The van der Waals surface area contributed by atoms with Crippen LogP contribution in [-0.4, -0.2) is 17.1 Å². The van der Waals surface area contributed by atoms with Gasteiger partial charge in [-0.2, -0.15) is 0 Å². The fraction of sp³-hybridized carbons (Fsp3) is 0.148. The first-order valence-electron chi connectivity index (χ1n) is 10.7. The van der Waals surface area contributed by atoms with Gasteiger partial charge in [0.15, 0.2) is 0 Å². The summed E-state index contributed by atoms with van der Waals surface area (Å²) in [4.78, 5) is 12.3. The maximum absolute atomic E-state index is 14.3. The lowest BCUT2D eigenvalue weighted by Gasteiger charge is -2.17. The molecular formula is C27H22Br2FNO3. The normalized spacial score (nSPS) is 10.9. The molecule has 0 saturated heterocycles. The Labute approximate surface area is 214 Å². The molecule has 0 unspecified atom stereocenters. The Kier molecular flexibility index (Phi) is 7.54. The number of rotatable bonds is 7. The van der Waals surface area contributed by atoms with Crippen molar-refractivity contribution in [3.8, 4) is 22.7 Å². The van der Waals surface area contributed by atoms with Gasteiger partial charge in [0.05, 0.1) is 17.9 Å². The van der Waals surface area contributed by atoms with Gasteiger partial charge in [-0.15, -0.1) is 0 Å². The van der Waals surface area contributed by atoms with Crippen LogP contribution in [0, 0.1) is 12.7 Å². The molecule has 0 radical (unpaired) electrons. The molecule has 0 aliphatic heterocycles. The van der Waals surface area contributed by atoms with Crippen molar-refractivity contribution in [3.05, 3.63) is 104 Å². The molecule has 7 heteroatoms. The van der Waals surface area contributed by atoms with Crippen molar-refractivity contribution in [2.75, 3.05) is 6.61 Å². The lowest BCUT2D eigenvalue weighted by Crippen LogP contribution is -2.07. The zero-order valence-electron chi connectivity index (χ0n) is 18.6. The number of carbonyl (C=O) groups is 1. The molecule has 0 N–H and O–H groups in total. The minimum atomic E-state index is -0.362. The van der Waals surface area contributed by atoms with E-state index in [-0.39, 0.29) is 18.4 Å². The molecule has 174 valence electrons. The molecular weight excluding hydrogens is 565 g/mol. The van der Waals surface area contributed by atoms with Gasteiger partial charge in [-0.1, -0.05) is 44.0 Å². The van der Waals surface area contributed by atoms with Crippen LogP contribution in [-0.2, 0) is 11.3 Å². The van der Waals surface area contributed by atoms with E-state index < -0.39 is 0 Å². The number of carbonyl (C=O) groups excluding carboxylic acids is 1. The van der Waals surface area contributed by atoms with Crippen molar-refractivity contribution in [1.29, 1.82) is 0 Å². The van der Waals surface area contributed by atoms with Crippen LogP contribution in [0.5, 0.6) is 5.75 Å². The highest BCUT2D eigenvalue weighted by molar-refractivity contribution is 9.10. The average molecular weight is 587 g/mol. The Hall–Kier alpha value is -2.90. The molecule has 0 atom stereocenters. The summed E-state index contributed by atoms with van der Waals surface area (Å²) in [7, 11) is 0. The van der Waals surface area contributed by atoms with Crippen molar-refractivity contribution < 1.29 is 18.7 Å². The number of aryl methyl sites for hydroxylation is 1. The zero-order chi connectivity index (χ0) is 24.2. The SMILES string of the molecule is CCOC(=O)c1cccc(-n2c(C)ccc2-c2cc(Br)ccc2OCc2ccc(Br)cc2F)c1. The molecule has 0 fully saturated rings. The quantitative estimate of drug-likeness (QED) is 0.207. The lowest BCUT2D eigenvalue weighted by molar-refractivity contribution is 0.0526. The molecule has 0 aliphatic carbocycles. The van der Waals surface area contributed by atoms with Gasteiger partial charge >= 0.3 is 5.97 Å². The molecule has 1 aromatic heterocycles. The summed E-state index contributed by atoms with van der Waals surface area (Å²) in [6.45, 7) is 4.18. The van der Waals surface area contributed by atoms with Gasteiger partial charge in [0, 0.05) is 31.5 Å². The largest absolute Gasteiger partial charge is 0.488 e. The van der Waals surface area contributed by atoms with Gasteiger partial charge in [0.2, 0.25) is 0 Å². The van der Waals surface area contributed by atoms with E-state index in [2.05, 4.69) is 36.4 Å². The van der Waals surface area contributed by atoms with Gasteiger partial charge in [-0.05, 0) is 74.5 Å². The van der Waals surface area contributed by atoms with Gasteiger partial charge in [0.25, 0.3) is 0 Å². The molecule has 4 nitrogen and oxygen atoms in total. The number of aromatic nitrogens is 1. The topological polar surface area (TPSA) is 40.5 Å². The van der Waals surface area contributed by atoms with E-state index in [1.165, 1.54) is 6.07 Å². The van der Waals surface area contributed by atoms with Crippen molar-refractivity contribution >= 4 is 37.8 Å². The van der Waals surface area contributed by atoms with E-state index in [1.54, 1.807) is 25.1 Å². The highest BCUT2D eigenvalue weighted by Crippen LogP contribution is 2.36.